The summed E-state index contributed by atoms with van der Waals surface area (Å²) in [5, 5.41) is 0. The van der Waals surface area contributed by atoms with Gasteiger partial charge in [-0.05, 0) is 223 Å². The number of hydrogen-bond acceptors (Lipinski definition) is 8. The van der Waals surface area contributed by atoms with Crippen molar-refractivity contribution in [1.82, 2.24) is 0 Å². The van der Waals surface area contributed by atoms with E-state index in [1.54, 1.807) is 0 Å². The first-order valence-electron chi connectivity index (χ1n) is 29.2. The van der Waals surface area contributed by atoms with Crippen LogP contribution in [-0.2, 0) is 37.9 Å². The Kier molecular flexibility index (Phi) is 13.3. The summed E-state index contributed by atoms with van der Waals surface area (Å²) in [6.07, 6.45) is 33.9. The Morgan fingerprint density at radius 1 is 0.271 bits per heavy atom. The highest BCUT2D eigenvalue weighted by Gasteiger charge is 2.68. The van der Waals surface area contributed by atoms with Crippen molar-refractivity contribution in [3.05, 3.63) is 48.6 Å². The standard InChI is InChI=1S/C17H26O2.C16H24O2.C15H22O2.C14H20O2/c1-18-6-5-12-13-8-14(15(12)9-19-2)17-11-4-3-10(7-11)16(13)17;1-17-7-13-11-6-12(14(13)8-18-2)16-10-4-3-9(5-10)15(11)16;1-16-7-12-10-6-11(15(12)17-2)14-9-4-3-8(5-9)13(10)14;1-15-13-9-6-10(14(13)16-2)12-8-4-3-7(5-8)11(9)12/h3-4,10-17H,5-9H2,1-2H3;3-4,9-16H,5-8H2,1-2H3;3-4,8-15H,5-7H2,1-2H3;3-4,7-14H,5-6H2,1-2H3. The van der Waals surface area contributed by atoms with Crippen LogP contribution >= 0.6 is 0 Å². The van der Waals surface area contributed by atoms with Crippen LogP contribution in [0, 0.1) is 172 Å². The molecule has 0 aromatic rings. The molecular formula is C62H92O8. The maximum absolute atomic E-state index is 5.82. The normalized spacial score (nSPS) is 56.7. The quantitative estimate of drug-likeness (QED) is 0.126. The number of methoxy groups -OCH3 is 8. The number of rotatable bonds is 14. The fraction of sp³-hybridized carbons (Fsp3) is 0.871. The van der Waals surface area contributed by atoms with Gasteiger partial charge in [0.05, 0.1) is 24.9 Å². The van der Waals surface area contributed by atoms with Crippen molar-refractivity contribution in [3.63, 3.8) is 0 Å². The van der Waals surface area contributed by atoms with Crippen molar-refractivity contribution in [2.24, 2.45) is 172 Å². The summed E-state index contributed by atoms with van der Waals surface area (Å²) in [6.45, 7) is 4.68. The first kappa shape index (κ1) is 48.3. The Balaban J connectivity index is 0.0000000916. The van der Waals surface area contributed by atoms with Crippen LogP contribution in [0.15, 0.2) is 48.6 Å². The lowest BCUT2D eigenvalue weighted by molar-refractivity contribution is -0.0963. The van der Waals surface area contributed by atoms with Crippen molar-refractivity contribution < 1.29 is 37.9 Å². The first-order chi connectivity index (χ1) is 34.4. The maximum Gasteiger partial charge on any atom is 0.0866 e. The summed E-state index contributed by atoms with van der Waals surface area (Å²) in [6, 6.07) is 0. The van der Waals surface area contributed by atoms with Gasteiger partial charge in [-0.3, -0.25) is 0 Å². The highest BCUT2D eigenvalue weighted by molar-refractivity contribution is 5.26. The van der Waals surface area contributed by atoms with Crippen LogP contribution in [0.1, 0.15) is 57.8 Å². The third-order valence-electron chi connectivity index (χ3n) is 25.2. The minimum atomic E-state index is 0.365. The average Bonchev–Trinajstić information content (AvgIpc) is 4.20. The molecule has 8 heteroatoms. The average molecular weight is 965 g/mol. The zero-order chi connectivity index (χ0) is 47.7. The zero-order valence-corrected chi connectivity index (χ0v) is 44.3. The van der Waals surface area contributed by atoms with E-state index in [-0.39, 0.29) is 0 Å². The van der Waals surface area contributed by atoms with Gasteiger partial charge in [-0.15, -0.1) is 0 Å². The molecule has 12 saturated carbocycles. The Morgan fingerprint density at radius 3 is 0.857 bits per heavy atom. The van der Waals surface area contributed by atoms with Gasteiger partial charge in [0.15, 0.2) is 0 Å². The molecular weight excluding hydrogens is 873 g/mol. The van der Waals surface area contributed by atoms with E-state index in [1.807, 2.05) is 56.9 Å². The summed E-state index contributed by atoms with van der Waals surface area (Å²) >= 11 is 0. The maximum atomic E-state index is 5.82. The van der Waals surface area contributed by atoms with Crippen molar-refractivity contribution in [3.8, 4) is 0 Å². The fourth-order valence-corrected chi connectivity index (χ4v) is 24.0. The number of ether oxygens (including phenoxy) is 8. The lowest BCUT2D eigenvalue weighted by Crippen LogP contribution is -2.45. The molecule has 0 spiro atoms. The molecule has 16 rings (SSSR count). The van der Waals surface area contributed by atoms with Gasteiger partial charge in [0.2, 0.25) is 0 Å². The Hall–Kier alpha value is -1.36. The molecule has 0 aliphatic heterocycles. The Bertz CT molecular complexity index is 1920. The highest BCUT2D eigenvalue weighted by Crippen LogP contribution is 2.72. The molecule has 0 N–H and O–H groups in total. The van der Waals surface area contributed by atoms with Gasteiger partial charge in [-0.2, -0.15) is 0 Å². The van der Waals surface area contributed by atoms with Crippen LogP contribution in [0.4, 0.5) is 0 Å². The van der Waals surface area contributed by atoms with E-state index in [2.05, 4.69) is 48.6 Å². The molecule has 70 heavy (non-hydrogen) atoms. The highest BCUT2D eigenvalue weighted by atomic mass is 16.5. The van der Waals surface area contributed by atoms with E-state index < -0.39 is 0 Å². The second-order valence-corrected chi connectivity index (χ2v) is 26.7. The van der Waals surface area contributed by atoms with Crippen LogP contribution in [0.25, 0.3) is 0 Å². The van der Waals surface area contributed by atoms with Crippen LogP contribution in [0.3, 0.4) is 0 Å². The van der Waals surface area contributed by atoms with Gasteiger partial charge in [-0.25, -0.2) is 0 Å². The van der Waals surface area contributed by atoms with Gasteiger partial charge in [0.25, 0.3) is 0 Å². The first-order valence-corrected chi connectivity index (χ1v) is 29.2. The number of fused-ring (bicyclic) bond motifs is 36. The third-order valence-corrected chi connectivity index (χ3v) is 25.2. The summed E-state index contributed by atoms with van der Waals surface area (Å²) in [4.78, 5) is 0. The summed E-state index contributed by atoms with van der Waals surface area (Å²) in [5.41, 5.74) is 0. The van der Waals surface area contributed by atoms with Gasteiger partial charge in [0.1, 0.15) is 0 Å². The predicted octanol–water partition coefficient (Wildman–Crippen LogP) is 10.0. The lowest BCUT2D eigenvalue weighted by atomic mass is 9.64. The van der Waals surface area contributed by atoms with E-state index in [1.165, 1.54) is 57.8 Å². The van der Waals surface area contributed by atoms with Crippen LogP contribution in [-0.4, -0.2) is 108 Å². The van der Waals surface area contributed by atoms with Crippen LogP contribution in [0.5, 0.6) is 0 Å². The monoisotopic (exact) mass is 965 g/mol. The molecule has 0 saturated heterocycles. The molecule has 0 aromatic carbocycles. The van der Waals surface area contributed by atoms with Crippen molar-refractivity contribution in [2.45, 2.75) is 76.1 Å². The molecule has 16 bridgehead atoms. The molecule has 16 aliphatic rings. The molecule has 12 fully saturated rings. The summed E-state index contributed by atoms with van der Waals surface area (Å²) < 4.78 is 44.6. The Morgan fingerprint density at radius 2 is 0.529 bits per heavy atom. The van der Waals surface area contributed by atoms with Crippen molar-refractivity contribution >= 4 is 0 Å². The number of allylic oxidation sites excluding steroid dienone is 8. The fourth-order valence-electron chi connectivity index (χ4n) is 24.0. The molecule has 16 aliphatic carbocycles. The van der Waals surface area contributed by atoms with E-state index in [4.69, 9.17) is 37.9 Å². The molecule has 0 amide bonds. The predicted molar refractivity (Wildman–Crippen MR) is 271 cm³/mol. The van der Waals surface area contributed by atoms with Gasteiger partial charge in [-0.1, -0.05) is 48.6 Å². The second-order valence-electron chi connectivity index (χ2n) is 26.7. The van der Waals surface area contributed by atoms with Gasteiger partial charge < -0.3 is 37.9 Å². The zero-order valence-electron chi connectivity index (χ0n) is 44.3. The minimum Gasteiger partial charge on any atom is -0.385 e. The second kappa shape index (κ2) is 19.3. The van der Waals surface area contributed by atoms with Crippen molar-refractivity contribution in [2.75, 3.05) is 89.9 Å². The van der Waals surface area contributed by atoms with Crippen LogP contribution < -0.4 is 0 Å². The number of hydrogen-bond donors (Lipinski definition) is 0. The van der Waals surface area contributed by atoms with E-state index in [0.29, 0.717) is 24.2 Å². The summed E-state index contributed by atoms with van der Waals surface area (Å²) in [5.74, 6) is 25.6. The van der Waals surface area contributed by atoms with Gasteiger partial charge >= 0.3 is 0 Å². The van der Waals surface area contributed by atoms with E-state index >= 15 is 0 Å². The SMILES string of the molecule is COC1C2CC(C1OC)C1C3C=CC(C3)C21.COCC1C(COC)C2CC1C1C3C=CC(C3)C21.COCC1C2CC(C1OC)C1C3C=CC(C3)C21.COCCC1C(COC)C2CC1C1C3C=CC(C3)C21. The van der Waals surface area contributed by atoms with Gasteiger partial charge in [0, 0.05) is 89.2 Å². The largest absolute Gasteiger partial charge is 0.385 e. The minimum absolute atomic E-state index is 0.365. The third kappa shape index (κ3) is 7.13. The molecule has 0 heterocycles. The molecule has 0 aromatic heterocycles. The molecule has 0 radical (unpaired) electrons. The van der Waals surface area contributed by atoms with Crippen LogP contribution in [0.2, 0.25) is 0 Å². The van der Waals surface area contributed by atoms with E-state index in [0.717, 1.165) is 199 Å². The van der Waals surface area contributed by atoms with E-state index in [9.17, 15) is 0 Å². The molecule has 32 atom stereocenters. The van der Waals surface area contributed by atoms with Crippen molar-refractivity contribution in [1.29, 1.82) is 0 Å². The summed E-state index contributed by atoms with van der Waals surface area (Å²) in [7, 11) is 14.9. The molecule has 388 valence electrons. The molecule has 8 nitrogen and oxygen atoms in total. The Labute approximate surface area is 422 Å². The lowest BCUT2D eigenvalue weighted by Gasteiger charge is -2.41. The topological polar surface area (TPSA) is 73.8 Å². The smallest absolute Gasteiger partial charge is 0.0866 e. The molecule has 32 unspecified atom stereocenters.